The molecule has 2 N–H and O–H groups in total. The van der Waals surface area contributed by atoms with Crippen molar-refractivity contribution < 1.29 is 4.74 Å². The Hall–Kier alpha value is -1.02. The van der Waals surface area contributed by atoms with Gasteiger partial charge in [0.25, 0.3) is 0 Å². The third-order valence-electron chi connectivity index (χ3n) is 3.46. The summed E-state index contributed by atoms with van der Waals surface area (Å²) in [5.41, 5.74) is 8.77. The first kappa shape index (κ1) is 12.4. The molecule has 0 radical (unpaired) electrons. The zero-order chi connectivity index (χ0) is 12.3. The van der Waals surface area contributed by atoms with Gasteiger partial charge in [-0.2, -0.15) is 0 Å². The molecule has 1 aliphatic rings. The van der Waals surface area contributed by atoms with Crippen molar-refractivity contribution in [2.45, 2.75) is 45.6 Å². The van der Waals surface area contributed by atoms with Gasteiger partial charge in [0.1, 0.15) is 5.75 Å². The fourth-order valence-electron chi connectivity index (χ4n) is 2.39. The van der Waals surface area contributed by atoms with E-state index in [0.29, 0.717) is 5.92 Å². The van der Waals surface area contributed by atoms with E-state index in [2.05, 4.69) is 32.0 Å². The molecule has 94 valence electrons. The minimum absolute atomic E-state index is 0.201. The maximum absolute atomic E-state index is 6.14. The van der Waals surface area contributed by atoms with E-state index in [0.717, 1.165) is 31.6 Å². The second kappa shape index (κ2) is 5.54. The number of benzene rings is 1. The van der Waals surface area contributed by atoms with Crippen molar-refractivity contribution in [1.29, 1.82) is 0 Å². The highest BCUT2D eigenvalue weighted by Gasteiger charge is 2.19. The van der Waals surface area contributed by atoms with Crippen LogP contribution < -0.4 is 10.5 Å². The van der Waals surface area contributed by atoms with E-state index >= 15 is 0 Å². The van der Waals surface area contributed by atoms with Gasteiger partial charge in [0, 0.05) is 6.04 Å². The highest BCUT2D eigenvalue weighted by atomic mass is 16.5. The summed E-state index contributed by atoms with van der Waals surface area (Å²) < 4.78 is 5.91. The second-order valence-corrected chi connectivity index (χ2v) is 5.35. The van der Waals surface area contributed by atoms with Gasteiger partial charge >= 0.3 is 0 Å². The van der Waals surface area contributed by atoms with Gasteiger partial charge in [-0.3, -0.25) is 0 Å². The summed E-state index contributed by atoms with van der Waals surface area (Å²) in [5, 5.41) is 0. The van der Waals surface area contributed by atoms with Crippen LogP contribution in [0.1, 0.15) is 50.3 Å². The maximum atomic E-state index is 6.14. The van der Waals surface area contributed by atoms with Crippen LogP contribution in [-0.2, 0) is 6.42 Å². The first-order valence-electron chi connectivity index (χ1n) is 6.68. The van der Waals surface area contributed by atoms with Crippen molar-refractivity contribution in [1.82, 2.24) is 0 Å². The molecule has 1 aliphatic carbocycles. The molecule has 0 aromatic heterocycles. The molecule has 0 saturated carbocycles. The van der Waals surface area contributed by atoms with Gasteiger partial charge in [-0.15, -0.1) is 0 Å². The third kappa shape index (κ3) is 3.01. The van der Waals surface area contributed by atoms with E-state index in [1.165, 1.54) is 17.5 Å². The normalized spacial score (nSPS) is 19.2. The minimum atomic E-state index is 0.201. The Morgan fingerprint density at radius 2 is 2.24 bits per heavy atom. The predicted molar refractivity (Wildman–Crippen MR) is 71.3 cm³/mol. The lowest BCUT2D eigenvalue weighted by atomic mass is 9.87. The Kier molecular flexibility index (Phi) is 4.06. The summed E-state index contributed by atoms with van der Waals surface area (Å²) in [5.74, 6) is 1.75. The molecule has 0 saturated heterocycles. The van der Waals surface area contributed by atoms with E-state index in [-0.39, 0.29) is 6.04 Å². The minimum Gasteiger partial charge on any atom is -0.493 e. The Morgan fingerprint density at radius 3 is 3.00 bits per heavy atom. The molecule has 0 heterocycles. The second-order valence-electron chi connectivity index (χ2n) is 5.35. The molecule has 17 heavy (non-hydrogen) atoms. The molecule has 2 heteroatoms. The third-order valence-corrected chi connectivity index (χ3v) is 3.46. The topological polar surface area (TPSA) is 35.2 Å². The quantitative estimate of drug-likeness (QED) is 0.864. The summed E-state index contributed by atoms with van der Waals surface area (Å²) >= 11 is 0. The number of fused-ring (bicyclic) bond motifs is 1. The van der Waals surface area contributed by atoms with Crippen LogP contribution in [0, 0.1) is 5.92 Å². The molecule has 1 aromatic rings. The van der Waals surface area contributed by atoms with E-state index in [9.17, 15) is 0 Å². The monoisotopic (exact) mass is 233 g/mol. The van der Waals surface area contributed by atoms with Crippen molar-refractivity contribution in [3.05, 3.63) is 29.3 Å². The highest BCUT2D eigenvalue weighted by molar-refractivity contribution is 5.43. The molecule has 0 spiro atoms. The van der Waals surface area contributed by atoms with Crippen LogP contribution >= 0.6 is 0 Å². The molecular weight excluding hydrogens is 210 g/mol. The van der Waals surface area contributed by atoms with Gasteiger partial charge in [0.15, 0.2) is 0 Å². The first-order chi connectivity index (χ1) is 8.18. The summed E-state index contributed by atoms with van der Waals surface area (Å²) in [4.78, 5) is 0. The largest absolute Gasteiger partial charge is 0.493 e. The molecule has 2 nitrogen and oxygen atoms in total. The highest BCUT2D eigenvalue weighted by Crippen LogP contribution is 2.34. The van der Waals surface area contributed by atoms with Crippen molar-refractivity contribution in [3.63, 3.8) is 0 Å². The predicted octanol–water partition coefficient (Wildman–Crippen LogP) is 3.45. The Bertz CT molecular complexity index is 373. The maximum Gasteiger partial charge on any atom is 0.122 e. The summed E-state index contributed by atoms with van der Waals surface area (Å²) in [7, 11) is 0. The van der Waals surface area contributed by atoms with Gasteiger partial charge < -0.3 is 10.5 Å². The lowest BCUT2D eigenvalue weighted by Gasteiger charge is -2.24. The van der Waals surface area contributed by atoms with E-state index < -0.39 is 0 Å². The lowest BCUT2D eigenvalue weighted by Crippen LogP contribution is -2.18. The fourth-order valence-corrected chi connectivity index (χ4v) is 2.39. The van der Waals surface area contributed by atoms with Crippen LogP contribution in [-0.4, -0.2) is 6.61 Å². The lowest BCUT2D eigenvalue weighted by molar-refractivity contribution is 0.285. The summed E-state index contributed by atoms with van der Waals surface area (Å²) in [6.07, 6.45) is 4.50. The summed E-state index contributed by atoms with van der Waals surface area (Å²) in [6, 6.07) is 6.49. The molecule has 0 fully saturated rings. The first-order valence-corrected chi connectivity index (χ1v) is 6.68. The van der Waals surface area contributed by atoms with Gasteiger partial charge in [0.05, 0.1) is 6.61 Å². The molecule has 0 bridgehead atoms. The van der Waals surface area contributed by atoms with Crippen LogP contribution in [0.4, 0.5) is 0 Å². The van der Waals surface area contributed by atoms with Crippen molar-refractivity contribution in [3.8, 4) is 5.75 Å². The zero-order valence-electron chi connectivity index (χ0n) is 10.9. The molecule has 1 atom stereocenters. The van der Waals surface area contributed by atoms with E-state index in [1.807, 2.05) is 0 Å². The average Bonchev–Trinajstić information content (AvgIpc) is 2.30. The SMILES string of the molecule is CC(C)CCOc1cccc2c1CCCC2N. The van der Waals surface area contributed by atoms with Crippen LogP contribution in [0.25, 0.3) is 0 Å². The van der Waals surface area contributed by atoms with Crippen molar-refractivity contribution >= 4 is 0 Å². The Labute approximate surface area is 104 Å². The average molecular weight is 233 g/mol. The number of nitrogens with two attached hydrogens (primary N) is 1. The number of rotatable bonds is 4. The van der Waals surface area contributed by atoms with Crippen LogP contribution in [0.5, 0.6) is 5.75 Å². The molecule has 0 amide bonds. The summed E-state index contributed by atoms with van der Waals surface area (Å²) in [6.45, 7) is 5.25. The molecule has 2 rings (SSSR count). The smallest absolute Gasteiger partial charge is 0.122 e. The Morgan fingerprint density at radius 1 is 1.41 bits per heavy atom. The molecule has 1 aromatic carbocycles. The van der Waals surface area contributed by atoms with E-state index in [1.54, 1.807) is 0 Å². The van der Waals surface area contributed by atoms with Gasteiger partial charge in [-0.25, -0.2) is 0 Å². The standard InChI is InChI=1S/C15H23NO/c1-11(2)9-10-17-15-8-4-5-12-13(15)6-3-7-14(12)16/h4-5,8,11,14H,3,6-7,9-10,16H2,1-2H3. The van der Waals surface area contributed by atoms with E-state index in [4.69, 9.17) is 10.5 Å². The van der Waals surface area contributed by atoms with Crippen molar-refractivity contribution in [2.24, 2.45) is 11.7 Å². The Balaban J connectivity index is 2.09. The fraction of sp³-hybridized carbons (Fsp3) is 0.600. The number of hydrogen-bond acceptors (Lipinski definition) is 2. The number of ether oxygens (including phenoxy) is 1. The molecular formula is C15H23NO. The van der Waals surface area contributed by atoms with Gasteiger partial charge in [-0.05, 0) is 48.8 Å². The van der Waals surface area contributed by atoms with Crippen LogP contribution in [0.15, 0.2) is 18.2 Å². The van der Waals surface area contributed by atoms with Crippen molar-refractivity contribution in [2.75, 3.05) is 6.61 Å². The van der Waals surface area contributed by atoms with Crippen LogP contribution in [0.2, 0.25) is 0 Å². The van der Waals surface area contributed by atoms with Gasteiger partial charge in [-0.1, -0.05) is 26.0 Å². The number of hydrogen-bond donors (Lipinski definition) is 1. The molecule has 0 aliphatic heterocycles. The zero-order valence-corrected chi connectivity index (χ0v) is 10.9. The van der Waals surface area contributed by atoms with Gasteiger partial charge in [0.2, 0.25) is 0 Å². The van der Waals surface area contributed by atoms with Crippen LogP contribution in [0.3, 0.4) is 0 Å². The molecule has 1 unspecified atom stereocenters.